The summed E-state index contributed by atoms with van der Waals surface area (Å²) in [7, 11) is -1.82. The molecule has 1 heterocycles. The number of hydrogen-bond donors (Lipinski definition) is 1. The molecule has 3 rings (SSSR count). The molecule has 2 aromatic rings. The lowest BCUT2D eigenvalue weighted by molar-refractivity contribution is 0.206. The van der Waals surface area contributed by atoms with Crippen LogP contribution in [0.2, 0.25) is 0 Å². The molecule has 0 atom stereocenters. The second-order valence-electron chi connectivity index (χ2n) is 7.07. The SMILES string of the molecule is CN(Cc1ccccc1)C(=O)NCc1ccccc1S(=O)(=O)N1CCCCC1. The van der Waals surface area contributed by atoms with Crippen molar-refractivity contribution in [2.45, 2.75) is 37.2 Å². The minimum Gasteiger partial charge on any atom is -0.334 e. The summed E-state index contributed by atoms with van der Waals surface area (Å²) in [5, 5.41) is 2.84. The molecule has 2 amide bonds. The van der Waals surface area contributed by atoms with Gasteiger partial charge >= 0.3 is 6.03 Å². The number of piperidine rings is 1. The quantitative estimate of drug-likeness (QED) is 0.808. The van der Waals surface area contributed by atoms with E-state index < -0.39 is 10.0 Å². The third-order valence-corrected chi connectivity index (χ3v) is 6.94. The van der Waals surface area contributed by atoms with Crippen molar-refractivity contribution in [2.75, 3.05) is 20.1 Å². The van der Waals surface area contributed by atoms with Gasteiger partial charge in [0.1, 0.15) is 0 Å². The zero-order valence-electron chi connectivity index (χ0n) is 16.2. The Morgan fingerprint density at radius 2 is 1.64 bits per heavy atom. The van der Waals surface area contributed by atoms with Crippen molar-refractivity contribution in [2.24, 2.45) is 0 Å². The highest BCUT2D eigenvalue weighted by atomic mass is 32.2. The minimum absolute atomic E-state index is 0.168. The molecule has 1 aliphatic rings. The molecule has 28 heavy (non-hydrogen) atoms. The smallest absolute Gasteiger partial charge is 0.317 e. The van der Waals surface area contributed by atoms with E-state index in [4.69, 9.17) is 0 Å². The van der Waals surface area contributed by atoms with E-state index in [9.17, 15) is 13.2 Å². The first-order valence-electron chi connectivity index (χ1n) is 9.59. The maximum Gasteiger partial charge on any atom is 0.317 e. The Kier molecular flexibility index (Phi) is 6.70. The van der Waals surface area contributed by atoms with Crippen molar-refractivity contribution in [1.29, 1.82) is 0 Å². The number of benzene rings is 2. The fourth-order valence-corrected chi connectivity index (χ4v) is 5.12. The molecule has 0 aliphatic carbocycles. The highest BCUT2D eigenvalue weighted by Gasteiger charge is 2.28. The average molecular weight is 402 g/mol. The Bertz CT molecular complexity index is 894. The molecule has 1 saturated heterocycles. The van der Waals surface area contributed by atoms with Crippen LogP contribution in [0.25, 0.3) is 0 Å². The zero-order chi connectivity index (χ0) is 20.0. The van der Waals surface area contributed by atoms with Crippen LogP contribution in [0.1, 0.15) is 30.4 Å². The summed E-state index contributed by atoms with van der Waals surface area (Å²) < 4.78 is 27.6. The molecular weight excluding hydrogens is 374 g/mol. The number of hydrogen-bond acceptors (Lipinski definition) is 3. The third-order valence-electron chi connectivity index (χ3n) is 4.94. The Hall–Kier alpha value is -2.38. The molecule has 0 unspecified atom stereocenters. The summed E-state index contributed by atoms with van der Waals surface area (Å²) in [5.74, 6) is 0. The Labute approximate surface area is 167 Å². The normalized spacial score (nSPS) is 15.2. The molecular formula is C21H27N3O3S. The highest BCUT2D eigenvalue weighted by molar-refractivity contribution is 7.89. The fourth-order valence-electron chi connectivity index (χ4n) is 3.38. The number of urea groups is 1. The van der Waals surface area contributed by atoms with Crippen molar-refractivity contribution < 1.29 is 13.2 Å². The lowest BCUT2D eigenvalue weighted by Crippen LogP contribution is -2.38. The van der Waals surface area contributed by atoms with E-state index in [0.29, 0.717) is 25.2 Å². The van der Waals surface area contributed by atoms with Gasteiger partial charge in [0.2, 0.25) is 10.0 Å². The van der Waals surface area contributed by atoms with Crippen molar-refractivity contribution in [3.63, 3.8) is 0 Å². The minimum atomic E-state index is -3.54. The number of nitrogens with one attached hydrogen (secondary N) is 1. The third kappa shape index (κ3) is 4.91. The van der Waals surface area contributed by atoms with E-state index in [-0.39, 0.29) is 17.5 Å². The second kappa shape index (κ2) is 9.21. The number of carbonyl (C=O) groups excluding carboxylic acids is 1. The highest BCUT2D eigenvalue weighted by Crippen LogP contribution is 2.23. The summed E-state index contributed by atoms with van der Waals surface area (Å²) >= 11 is 0. The number of sulfonamides is 1. The molecule has 6 nitrogen and oxygen atoms in total. The van der Waals surface area contributed by atoms with Crippen LogP contribution in [0.4, 0.5) is 4.79 Å². The van der Waals surface area contributed by atoms with Gasteiger partial charge < -0.3 is 10.2 Å². The summed E-state index contributed by atoms with van der Waals surface area (Å²) in [6.45, 7) is 1.77. The van der Waals surface area contributed by atoms with Crippen LogP contribution >= 0.6 is 0 Å². The van der Waals surface area contributed by atoms with Gasteiger partial charge in [-0.25, -0.2) is 13.2 Å². The van der Waals surface area contributed by atoms with Gasteiger partial charge in [-0.2, -0.15) is 4.31 Å². The van der Waals surface area contributed by atoms with Gasteiger partial charge in [-0.1, -0.05) is 55.0 Å². The van der Waals surface area contributed by atoms with Gasteiger partial charge in [0.05, 0.1) is 4.90 Å². The van der Waals surface area contributed by atoms with Gasteiger partial charge in [-0.3, -0.25) is 0 Å². The molecule has 0 spiro atoms. The van der Waals surface area contributed by atoms with Crippen LogP contribution in [0, 0.1) is 0 Å². The predicted octanol–water partition coefficient (Wildman–Crippen LogP) is 3.20. The van der Waals surface area contributed by atoms with Crippen molar-refractivity contribution in [3.8, 4) is 0 Å². The summed E-state index contributed by atoms with van der Waals surface area (Å²) in [6.07, 6.45) is 2.85. The topological polar surface area (TPSA) is 69.7 Å². The lowest BCUT2D eigenvalue weighted by atomic mass is 10.2. The predicted molar refractivity (Wildman–Crippen MR) is 109 cm³/mol. The molecule has 0 saturated carbocycles. The maximum absolute atomic E-state index is 13.0. The zero-order valence-corrected chi connectivity index (χ0v) is 17.0. The van der Waals surface area contributed by atoms with Crippen LogP contribution < -0.4 is 5.32 Å². The molecule has 1 N–H and O–H groups in total. The monoisotopic (exact) mass is 401 g/mol. The molecule has 2 aromatic carbocycles. The van der Waals surface area contributed by atoms with E-state index in [1.165, 1.54) is 0 Å². The first kappa shape index (κ1) is 20.4. The van der Waals surface area contributed by atoms with Crippen molar-refractivity contribution >= 4 is 16.1 Å². The molecule has 0 radical (unpaired) electrons. The standard InChI is InChI=1S/C21H27N3O3S/c1-23(17-18-10-4-2-5-11-18)21(25)22-16-19-12-6-7-13-20(19)28(26,27)24-14-8-3-9-15-24/h2,4-7,10-13H,3,8-9,14-17H2,1H3,(H,22,25). The van der Waals surface area contributed by atoms with Gasteiger partial charge in [0, 0.05) is 33.2 Å². The largest absolute Gasteiger partial charge is 0.334 e. The van der Waals surface area contributed by atoms with E-state index in [1.54, 1.807) is 40.5 Å². The molecule has 1 aliphatic heterocycles. The van der Waals surface area contributed by atoms with Gasteiger partial charge in [-0.15, -0.1) is 0 Å². The van der Waals surface area contributed by atoms with Gasteiger partial charge in [0.25, 0.3) is 0 Å². The Morgan fingerprint density at radius 3 is 2.36 bits per heavy atom. The number of nitrogens with zero attached hydrogens (tertiary/aromatic N) is 2. The van der Waals surface area contributed by atoms with Crippen LogP contribution in [-0.2, 0) is 23.1 Å². The number of rotatable bonds is 6. The van der Waals surface area contributed by atoms with Crippen molar-refractivity contribution in [3.05, 3.63) is 65.7 Å². The average Bonchev–Trinajstić information content (AvgIpc) is 2.73. The van der Waals surface area contributed by atoms with Gasteiger partial charge in [-0.05, 0) is 30.0 Å². The van der Waals surface area contributed by atoms with Gasteiger partial charge in [0.15, 0.2) is 0 Å². The fraction of sp³-hybridized carbons (Fsp3) is 0.381. The molecule has 150 valence electrons. The summed E-state index contributed by atoms with van der Waals surface area (Å²) in [6, 6.07) is 16.4. The van der Waals surface area contributed by atoms with Crippen LogP contribution in [0.3, 0.4) is 0 Å². The number of amides is 2. The Balaban J connectivity index is 1.67. The first-order valence-corrected chi connectivity index (χ1v) is 11.0. The van der Waals surface area contributed by atoms with E-state index in [0.717, 1.165) is 24.8 Å². The maximum atomic E-state index is 13.0. The molecule has 0 aromatic heterocycles. The summed E-state index contributed by atoms with van der Waals surface area (Å²) in [4.78, 5) is 14.3. The summed E-state index contributed by atoms with van der Waals surface area (Å²) in [5.41, 5.74) is 1.64. The van der Waals surface area contributed by atoms with Crippen LogP contribution in [0.15, 0.2) is 59.5 Å². The Morgan fingerprint density at radius 1 is 1.00 bits per heavy atom. The van der Waals surface area contributed by atoms with E-state index in [1.807, 2.05) is 30.3 Å². The second-order valence-corrected chi connectivity index (χ2v) is 8.98. The molecule has 0 bridgehead atoms. The van der Waals surface area contributed by atoms with E-state index >= 15 is 0 Å². The molecule has 1 fully saturated rings. The van der Waals surface area contributed by atoms with Crippen LogP contribution in [0.5, 0.6) is 0 Å². The first-order chi connectivity index (χ1) is 13.5. The number of carbonyl (C=O) groups is 1. The van der Waals surface area contributed by atoms with Crippen molar-refractivity contribution in [1.82, 2.24) is 14.5 Å². The van der Waals surface area contributed by atoms with E-state index in [2.05, 4.69) is 5.32 Å². The molecule has 7 heteroatoms. The lowest BCUT2D eigenvalue weighted by Gasteiger charge is -2.27. The van der Waals surface area contributed by atoms with Crippen LogP contribution in [-0.4, -0.2) is 43.8 Å².